The number of rotatable bonds is 5. The number of carbonyl (C=O) groups excluding carboxylic acids is 1. The number of aliphatic carboxylic acids is 1. The quantitative estimate of drug-likeness (QED) is 0.718. The van der Waals surface area contributed by atoms with Crippen molar-refractivity contribution in [2.75, 3.05) is 6.61 Å². The molecule has 104 valence electrons. The number of hydrogen-bond donors (Lipinski definition) is 3. The van der Waals surface area contributed by atoms with E-state index in [1.807, 2.05) is 0 Å². The third-order valence-corrected chi connectivity index (χ3v) is 2.70. The molecule has 2 rings (SSSR count). The van der Waals surface area contributed by atoms with Crippen LogP contribution in [0.25, 0.3) is 11.0 Å². The second-order valence-corrected chi connectivity index (χ2v) is 4.12. The number of benzene rings is 1. The van der Waals surface area contributed by atoms with E-state index in [4.69, 9.17) is 10.2 Å². The second kappa shape index (κ2) is 6.07. The van der Waals surface area contributed by atoms with Gasteiger partial charge in [0.1, 0.15) is 11.7 Å². The van der Waals surface area contributed by atoms with Crippen molar-refractivity contribution in [3.8, 4) is 0 Å². The van der Waals surface area contributed by atoms with E-state index in [1.54, 1.807) is 24.3 Å². The number of aliphatic hydroxyl groups excluding tert-OH is 1. The lowest BCUT2D eigenvalue weighted by Crippen LogP contribution is -2.41. The molecule has 0 fully saturated rings. The van der Waals surface area contributed by atoms with Crippen LogP contribution in [0, 0.1) is 0 Å². The minimum Gasteiger partial charge on any atom is -0.480 e. The average molecular weight is 275 g/mol. The van der Waals surface area contributed by atoms with Crippen LogP contribution in [0.2, 0.25) is 0 Å². The molecule has 0 aliphatic carbocycles. The Hall–Kier alpha value is -2.54. The molecule has 20 heavy (non-hydrogen) atoms. The Morgan fingerprint density at radius 3 is 2.60 bits per heavy atom. The Morgan fingerprint density at radius 1 is 1.25 bits per heavy atom. The number of carboxylic acid groups (broad SMARTS) is 1. The highest BCUT2D eigenvalue weighted by atomic mass is 16.4. The Morgan fingerprint density at radius 2 is 1.95 bits per heavy atom. The van der Waals surface area contributed by atoms with Gasteiger partial charge in [0.25, 0.3) is 5.91 Å². The van der Waals surface area contributed by atoms with Crippen LogP contribution in [0.5, 0.6) is 0 Å². The molecule has 0 aliphatic heterocycles. The predicted molar refractivity (Wildman–Crippen MR) is 70.1 cm³/mol. The van der Waals surface area contributed by atoms with Crippen LogP contribution in [0.4, 0.5) is 0 Å². The molecule has 0 spiro atoms. The van der Waals surface area contributed by atoms with Gasteiger partial charge >= 0.3 is 5.97 Å². The Labute approximate surface area is 114 Å². The summed E-state index contributed by atoms with van der Waals surface area (Å²) in [6.07, 6.45) is 1.22. The van der Waals surface area contributed by atoms with Crippen molar-refractivity contribution < 1.29 is 19.8 Å². The van der Waals surface area contributed by atoms with Gasteiger partial charge in [0.05, 0.1) is 17.2 Å². The van der Waals surface area contributed by atoms with Gasteiger partial charge in [-0.1, -0.05) is 12.1 Å². The number of aliphatic hydroxyl groups is 1. The van der Waals surface area contributed by atoms with E-state index in [0.29, 0.717) is 11.0 Å². The highest BCUT2D eigenvalue weighted by Gasteiger charge is 2.20. The fourth-order valence-corrected chi connectivity index (χ4v) is 1.69. The maximum atomic E-state index is 11.9. The Balaban J connectivity index is 2.20. The third-order valence-electron chi connectivity index (χ3n) is 2.70. The van der Waals surface area contributed by atoms with E-state index >= 15 is 0 Å². The summed E-state index contributed by atoms with van der Waals surface area (Å²) in [5, 5.41) is 20.0. The van der Waals surface area contributed by atoms with E-state index in [1.165, 1.54) is 6.20 Å². The number of carboxylic acids is 1. The molecule has 3 N–H and O–H groups in total. The van der Waals surface area contributed by atoms with Crippen LogP contribution in [0.15, 0.2) is 30.5 Å². The molecule has 1 unspecified atom stereocenters. The van der Waals surface area contributed by atoms with E-state index in [-0.39, 0.29) is 18.7 Å². The normalized spacial score (nSPS) is 12.1. The Bertz CT molecular complexity index is 644. The first kappa shape index (κ1) is 13.9. The number of hydrogen-bond acceptors (Lipinski definition) is 5. The van der Waals surface area contributed by atoms with Gasteiger partial charge in [-0.2, -0.15) is 0 Å². The summed E-state index contributed by atoms with van der Waals surface area (Å²) in [6, 6.07) is 5.89. The van der Waals surface area contributed by atoms with Gasteiger partial charge in [0.2, 0.25) is 0 Å². The molecule has 7 nitrogen and oxygen atoms in total. The first-order chi connectivity index (χ1) is 9.61. The third kappa shape index (κ3) is 3.07. The fraction of sp³-hybridized carbons (Fsp3) is 0.231. The van der Waals surface area contributed by atoms with Crippen molar-refractivity contribution in [1.29, 1.82) is 0 Å². The molecule has 0 saturated carbocycles. The fourth-order valence-electron chi connectivity index (χ4n) is 1.69. The topological polar surface area (TPSA) is 112 Å². The summed E-state index contributed by atoms with van der Waals surface area (Å²) >= 11 is 0. The summed E-state index contributed by atoms with van der Waals surface area (Å²) < 4.78 is 0. The predicted octanol–water partition coefficient (Wildman–Crippen LogP) is 0.195. The van der Waals surface area contributed by atoms with Crippen molar-refractivity contribution in [2.45, 2.75) is 12.5 Å². The Kier molecular flexibility index (Phi) is 4.21. The summed E-state index contributed by atoms with van der Waals surface area (Å²) in [7, 11) is 0. The van der Waals surface area contributed by atoms with Crippen LogP contribution >= 0.6 is 0 Å². The molecular formula is C13H13N3O4. The molecule has 7 heteroatoms. The zero-order chi connectivity index (χ0) is 14.5. The van der Waals surface area contributed by atoms with Crippen molar-refractivity contribution in [3.05, 3.63) is 36.2 Å². The summed E-state index contributed by atoms with van der Waals surface area (Å²) in [5.74, 6) is -1.84. The zero-order valence-electron chi connectivity index (χ0n) is 10.5. The van der Waals surface area contributed by atoms with Crippen LogP contribution in [0.1, 0.15) is 16.9 Å². The lowest BCUT2D eigenvalue weighted by Gasteiger charge is -2.12. The van der Waals surface area contributed by atoms with E-state index in [9.17, 15) is 9.59 Å². The first-order valence-corrected chi connectivity index (χ1v) is 5.98. The van der Waals surface area contributed by atoms with Crippen molar-refractivity contribution >= 4 is 22.9 Å². The number of fused-ring (bicyclic) bond motifs is 1. The SMILES string of the molecule is O=C(NC(CCO)C(=O)O)c1cnc2ccccc2n1. The number of para-hydroxylation sites is 2. The van der Waals surface area contributed by atoms with Crippen molar-refractivity contribution in [1.82, 2.24) is 15.3 Å². The van der Waals surface area contributed by atoms with E-state index in [0.717, 1.165) is 0 Å². The average Bonchev–Trinajstić information content (AvgIpc) is 2.46. The van der Waals surface area contributed by atoms with Gasteiger partial charge < -0.3 is 15.5 Å². The summed E-state index contributed by atoms with van der Waals surface area (Å²) in [5.41, 5.74) is 1.23. The smallest absolute Gasteiger partial charge is 0.326 e. The van der Waals surface area contributed by atoms with Crippen LogP contribution in [-0.4, -0.2) is 44.7 Å². The van der Waals surface area contributed by atoms with Gasteiger partial charge in [-0.15, -0.1) is 0 Å². The van der Waals surface area contributed by atoms with Gasteiger partial charge in [0.15, 0.2) is 0 Å². The number of nitrogens with one attached hydrogen (secondary N) is 1. The van der Waals surface area contributed by atoms with Gasteiger partial charge in [-0.3, -0.25) is 9.78 Å². The second-order valence-electron chi connectivity index (χ2n) is 4.12. The number of nitrogens with zero attached hydrogens (tertiary/aromatic N) is 2. The van der Waals surface area contributed by atoms with Crippen LogP contribution < -0.4 is 5.32 Å². The molecule has 1 atom stereocenters. The summed E-state index contributed by atoms with van der Waals surface area (Å²) in [6.45, 7) is -0.333. The largest absolute Gasteiger partial charge is 0.480 e. The molecule has 0 radical (unpaired) electrons. The van der Waals surface area contributed by atoms with Gasteiger partial charge in [-0.05, 0) is 12.1 Å². The van der Waals surface area contributed by atoms with Crippen molar-refractivity contribution in [2.24, 2.45) is 0 Å². The lowest BCUT2D eigenvalue weighted by molar-refractivity contribution is -0.139. The molecule has 2 aromatic rings. The highest BCUT2D eigenvalue weighted by molar-refractivity contribution is 5.96. The molecule has 1 amide bonds. The number of amides is 1. The minimum atomic E-state index is -1.21. The lowest BCUT2D eigenvalue weighted by atomic mass is 10.2. The van der Waals surface area contributed by atoms with Gasteiger partial charge in [-0.25, -0.2) is 9.78 Å². The summed E-state index contributed by atoms with van der Waals surface area (Å²) in [4.78, 5) is 31.0. The number of carbonyl (C=O) groups is 2. The maximum absolute atomic E-state index is 11.9. The molecule has 0 bridgehead atoms. The number of aromatic nitrogens is 2. The minimum absolute atomic E-state index is 0.0351. The monoisotopic (exact) mass is 275 g/mol. The molecular weight excluding hydrogens is 262 g/mol. The maximum Gasteiger partial charge on any atom is 0.326 e. The highest BCUT2D eigenvalue weighted by Crippen LogP contribution is 2.08. The van der Waals surface area contributed by atoms with E-state index < -0.39 is 17.9 Å². The van der Waals surface area contributed by atoms with E-state index in [2.05, 4.69) is 15.3 Å². The van der Waals surface area contributed by atoms with Crippen molar-refractivity contribution in [3.63, 3.8) is 0 Å². The standard InChI is InChI=1S/C13H13N3O4/c17-6-5-10(13(19)20)16-12(18)11-7-14-8-3-1-2-4-9(8)15-11/h1-4,7,10,17H,5-6H2,(H,16,18)(H,19,20). The molecule has 1 aromatic heterocycles. The molecule has 1 aromatic carbocycles. The molecule has 1 heterocycles. The van der Waals surface area contributed by atoms with Crippen LogP contribution in [-0.2, 0) is 4.79 Å². The molecule has 0 saturated heterocycles. The molecule has 0 aliphatic rings. The first-order valence-electron chi connectivity index (χ1n) is 5.98. The van der Waals surface area contributed by atoms with Crippen LogP contribution in [0.3, 0.4) is 0 Å². The zero-order valence-corrected chi connectivity index (χ0v) is 10.5. The van der Waals surface area contributed by atoms with Gasteiger partial charge in [0, 0.05) is 13.0 Å².